The molecule has 130 valence electrons. The highest BCUT2D eigenvalue weighted by molar-refractivity contribution is 5.91. The van der Waals surface area contributed by atoms with Crippen molar-refractivity contribution in [3.8, 4) is 0 Å². The molecule has 1 aliphatic heterocycles. The van der Waals surface area contributed by atoms with Crippen LogP contribution in [0.1, 0.15) is 37.7 Å². The first-order valence-corrected chi connectivity index (χ1v) is 8.74. The number of carbonyl (C=O) groups is 2. The number of carbonyl (C=O) groups excluding carboxylic acids is 2. The zero-order valence-electron chi connectivity index (χ0n) is 14.0. The summed E-state index contributed by atoms with van der Waals surface area (Å²) in [5.74, 6) is 0.0304. The van der Waals surface area contributed by atoms with E-state index in [1.54, 1.807) is 0 Å². The lowest BCUT2D eigenvalue weighted by molar-refractivity contribution is -0.136. The molecule has 2 fully saturated rings. The zero-order chi connectivity index (χ0) is 17.0. The van der Waals surface area contributed by atoms with Crippen molar-refractivity contribution in [1.29, 1.82) is 0 Å². The molecule has 1 saturated carbocycles. The van der Waals surface area contributed by atoms with Crippen molar-refractivity contribution in [3.63, 3.8) is 0 Å². The van der Waals surface area contributed by atoms with E-state index in [1.165, 1.54) is 0 Å². The topological polar surface area (TPSA) is 87.5 Å². The number of likely N-dealkylation sites (tertiary alicyclic amines) is 1. The second kappa shape index (κ2) is 7.21. The van der Waals surface area contributed by atoms with E-state index in [-0.39, 0.29) is 18.0 Å². The van der Waals surface area contributed by atoms with Crippen LogP contribution in [0.25, 0.3) is 0 Å². The van der Waals surface area contributed by atoms with Gasteiger partial charge < -0.3 is 21.3 Å². The Morgan fingerprint density at radius 2 is 1.92 bits per heavy atom. The molecule has 1 aliphatic carbocycles. The first kappa shape index (κ1) is 16.8. The van der Waals surface area contributed by atoms with Crippen molar-refractivity contribution in [2.45, 2.75) is 50.2 Å². The molecule has 4 N–H and O–H groups in total. The smallest absolute Gasteiger partial charge is 0.315 e. The molecule has 0 radical (unpaired) electrons. The molecule has 0 aromatic heterocycles. The standard InChI is InChI=1S/C18H26N4O2/c19-15-8-11-22(13-15)16(23)18(9-4-5-10-18)21-17(24)20-12-14-6-2-1-3-7-14/h1-3,6-7,15H,4-5,8-13,19H2,(H2,20,21,24)/t15-/m1/s1. The maximum Gasteiger partial charge on any atom is 0.315 e. The number of hydrogen-bond donors (Lipinski definition) is 3. The summed E-state index contributed by atoms with van der Waals surface area (Å²) in [5, 5.41) is 5.83. The molecular weight excluding hydrogens is 304 g/mol. The van der Waals surface area contributed by atoms with E-state index in [0.717, 1.165) is 24.8 Å². The molecule has 0 unspecified atom stereocenters. The van der Waals surface area contributed by atoms with Crippen LogP contribution in [0.2, 0.25) is 0 Å². The van der Waals surface area contributed by atoms with Crippen molar-refractivity contribution in [3.05, 3.63) is 35.9 Å². The van der Waals surface area contributed by atoms with E-state index in [4.69, 9.17) is 5.73 Å². The van der Waals surface area contributed by atoms with Gasteiger partial charge in [-0.05, 0) is 24.8 Å². The molecule has 3 rings (SSSR count). The summed E-state index contributed by atoms with van der Waals surface area (Å²) in [7, 11) is 0. The molecule has 3 amide bonds. The van der Waals surface area contributed by atoms with Gasteiger partial charge in [0.2, 0.25) is 5.91 Å². The Hall–Kier alpha value is -2.08. The largest absolute Gasteiger partial charge is 0.339 e. The van der Waals surface area contributed by atoms with Gasteiger partial charge in [0, 0.05) is 25.7 Å². The first-order chi connectivity index (χ1) is 11.6. The van der Waals surface area contributed by atoms with Gasteiger partial charge in [0.25, 0.3) is 0 Å². The number of nitrogens with one attached hydrogen (secondary N) is 2. The fourth-order valence-electron chi connectivity index (χ4n) is 3.69. The number of amides is 3. The van der Waals surface area contributed by atoms with Crippen LogP contribution in [0.15, 0.2) is 30.3 Å². The van der Waals surface area contributed by atoms with Crippen molar-refractivity contribution in [2.75, 3.05) is 13.1 Å². The van der Waals surface area contributed by atoms with Crippen LogP contribution in [-0.2, 0) is 11.3 Å². The Kier molecular flexibility index (Phi) is 5.04. The van der Waals surface area contributed by atoms with Crippen molar-refractivity contribution in [2.24, 2.45) is 5.73 Å². The minimum absolute atomic E-state index is 0.0304. The fraction of sp³-hybridized carbons (Fsp3) is 0.556. The van der Waals surface area contributed by atoms with E-state index in [0.29, 0.717) is 32.5 Å². The average Bonchev–Trinajstić information content (AvgIpc) is 3.23. The Morgan fingerprint density at radius 3 is 2.54 bits per heavy atom. The number of nitrogens with zero attached hydrogens (tertiary/aromatic N) is 1. The maximum atomic E-state index is 13.0. The van der Waals surface area contributed by atoms with Crippen LogP contribution < -0.4 is 16.4 Å². The van der Waals surface area contributed by atoms with Crippen molar-refractivity contribution in [1.82, 2.24) is 15.5 Å². The Bertz CT molecular complexity index is 584. The van der Waals surface area contributed by atoms with Gasteiger partial charge in [-0.3, -0.25) is 4.79 Å². The minimum atomic E-state index is -0.759. The van der Waals surface area contributed by atoms with Gasteiger partial charge in [-0.15, -0.1) is 0 Å². The van der Waals surface area contributed by atoms with E-state index in [2.05, 4.69) is 10.6 Å². The van der Waals surface area contributed by atoms with Crippen LogP contribution >= 0.6 is 0 Å². The van der Waals surface area contributed by atoms with Gasteiger partial charge in [-0.1, -0.05) is 43.2 Å². The lowest BCUT2D eigenvalue weighted by Gasteiger charge is -2.33. The minimum Gasteiger partial charge on any atom is -0.339 e. The molecule has 0 spiro atoms. The molecule has 24 heavy (non-hydrogen) atoms. The molecule has 1 saturated heterocycles. The Balaban J connectivity index is 1.60. The third-order valence-corrected chi connectivity index (χ3v) is 5.03. The molecule has 6 nitrogen and oxygen atoms in total. The number of nitrogens with two attached hydrogens (primary N) is 1. The number of hydrogen-bond acceptors (Lipinski definition) is 3. The Morgan fingerprint density at radius 1 is 1.21 bits per heavy atom. The lowest BCUT2D eigenvalue weighted by atomic mass is 9.95. The van der Waals surface area contributed by atoms with E-state index in [9.17, 15) is 9.59 Å². The van der Waals surface area contributed by atoms with E-state index in [1.807, 2.05) is 35.2 Å². The molecule has 2 aliphatic rings. The summed E-state index contributed by atoms with van der Waals surface area (Å²) in [6.07, 6.45) is 4.17. The monoisotopic (exact) mass is 330 g/mol. The van der Waals surface area contributed by atoms with Crippen LogP contribution in [0, 0.1) is 0 Å². The number of urea groups is 1. The molecule has 1 heterocycles. The zero-order valence-corrected chi connectivity index (χ0v) is 14.0. The average molecular weight is 330 g/mol. The molecule has 0 bridgehead atoms. The second-order valence-electron chi connectivity index (χ2n) is 6.88. The third kappa shape index (κ3) is 3.70. The van der Waals surface area contributed by atoms with E-state index < -0.39 is 5.54 Å². The van der Waals surface area contributed by atoms with Crippen LogP contribution in [0.5, 0.6) is 0 Å². The summed E-state index contributed by atoms with van der Waals surface area (Å²) in [4.78, 5) is 27.1. The quantitative estimate of drug-likeness (QED) is 0.779. The van der Waals surface area contributed by atoms with Crippen molar-refractivity contribution < 1.29 is 9.59 Å². The fourth-order valence-corrected chi connectivity index (χ4v) is 3.69. The van der Waals surface area contributed by atoms with Crippen LogP contribution in [0.4, 0.5) is 4.79 Å². The summed E-state index contributed by atoms with van der Waals surface area (Å²) >= 11 is 0. The number of benzene rings is 1. The second-order valence-corrected chi connectivity index (χ2v) is 6.88. The normalized spacial score (nSPS) is 22.4. The summed E-state index contributed by atoms with van der Waals surface area (Å²) in [6.45, 7) is 1.73. The predicted molar refractivity (Wildman–Crippen MR) is 92.2 cm³/mol. The first-order valence-electron chi connectivity index (χ1n) is 8.74. The summed E-state index contributed by atoms with van der Waals surface area (Å²) in [5.41, 5.74) is 6.20. The van der Waals surface area contributed by atoms with Gasteiger partial charge in [0.15, 0.2) is 0 Å². The SMILES string of the molecule is N[C@@H]1CCN(C(=O)C2(NC(=O)NCc3ccccc3)CCCC2)C1. The van der Waals surface area contributed by atoms with Crippen LogP contribution in [-0.4, -0.2) is 41.5 Å². The highest BCUT2D eigenvalue weighted by Gasteiger charge is 2.45. The molecular formula is C18H26N4O2. The highest BCUT2D eigenvalue weighted by atomic mass is 16.2. The molecule has 1 aromatic carbocycles. The van der Waals surface area contributed by atoms with Gasteiger partial charge in [0.1, 0.15) is 5.54 Å². The molecule has 6 heteroatoms. The predicted octanol–water partition coefficient (Wildman–Crippen LogP) is 1.36. The summed E-state index contributed by atoms with van der Waals surface area (Å²) < 4.78 is 0. The number of rotatable bonds is 4. The summed E-state index contributed by atoms with van der Waals surface area (Å²) in [6, 6.07) is 9.51. The molecule has 1 aromatic rings. The van der Waals surface area contributed by atoms with Gasteiger partial charge in [0.05, 0.1) is 0 Å². The lowest BCUT2D eigenvalue weighted by Crippen LogP contribution is -2.59. The van der Waals surface area contributed by atoms with Crippen molar-refractivity contribution >= 4 is 11.9 Å². The Labute approximate surface area is 142 Å². The highest BCUT2D eigenvalue weighted by Crippen LogP contribution is 2.32. The third-order valence-electron chi connectivity index (χ3n) is 5.03. The molecule has 1 atom stereocenters. The van der Waals surface area contributed by atoms with Gasteiger partial charge >= 0.3 is 6.03 Å². The van der Waals surface area contributed by atoms with Crippen LogP contribution in [0.3, 0.4) is 0 Å². The van der Waals surface area contributed by atoms with E-state index >= 15 is 0 Å². The van der Waals surface area contributed by atoms with Gasteiger partial charge in [-0.25, -0.2) is 4.79 Å². The van der Waals surface area contributed by atoms with Gasteiger partial charge in [-0.2, -0.15) is 0 Å². The maximum absolute atomic E-state index is 13.0.